The lowest BCUT2D eigenvalue weighted by atomic mass is 9.78. The van der Waals surface area contributed by atoms with Crippen LogP contribution in [0.5, 0.6) is 17.2 Å². The molecule has 10 atom stereocenters. The van der Waals surface area contributed by atoms with Gasteiger partial charge in [-0.2, -0.15) is 0 Å². The predicted molar refractivity (Wildman–Crippen MR) is 228 cm³/mol. The largest absolute Gasteiger partial charge is 0.505 e. The number of rotatable bonds is 3. The number of anilines is 1. The van der Waals surface area contributed by atoms with Gasteiger partial charge in [0.1, 0.15) is 28.8 Å². The summed E-state index contributed by atoms with van der Waals surface area (Å²) >= 11 is 1.16. The molecule has 2 aliphatic heterocycles. The van der Waals surface area contributed by atoms with Crippen LogP contribution < -0.4 is 20.0 Å². The molecule has 1 amide bonds. The van der Waals surface area contributed by atoms with E-state index >= 15 is 0 Å². The second-order valence-electron chi connectivity index (χ2n) is 15.4. The fraction of sp³-hybridized carbons (Fsp3) is 0.419. The number of phenols is 1. The first-order valence-corrected chi connectivity index (χ1v) is 20.4. The van der Waals surface area contributed by atoms with Crippen LogP contribution in [-0.2, 0) is 23.8 Å². The molecule has 0 radical (unpaired) electrons. The first-order valence-electron chi connectivity index (χ1n) is 19.1. The van der Waals surface area contributed by atoms with Gasteiger partial charge in [-0.3, -0.25) is 19.2 Å². The van der Waals surface area contributed by atoms with E-state index in [4.69, 9.17) is 28.5 Å². The molecular formula is C43H49N2O12PS. The minimum absolute atomic E-state index is 0.00528. The Balaban J connectivity index is 1.60. The standard InChI is InChI=1S/C43H49N2O12PS/c1-18-12-10-13-19(2)42(52)45-33-37(50)29-28(32-40(33)59-27-15-11-14-26(57-58)31(27)44-32)30-39(23(6)36(29)49)56-43(8,41(30)51)54-17-16-25(53-9)20(3)38(55-24(7)46)22(5)35(48)21(4)34(18)47/h10-18,20-22,25,34-35,38,47-48,50H,58H2,1-9H3,(H,45,52). The van der Waals surface area contributed by atoms with Crippen LogP contribution in [0.2, 0.25) is 0 Å². The average Bonchev–Trinajstić information content (AvgIpc) is 3.47. The molecule has 314 valence electrons. The topological polar surface area (TPSA) is 200 Å². The van der Waals surface area contributed by atoms with Gasteiger partial charge in [-0.15, -0.1) is 11.3 Å². The van der Waals surface area contributed by atoms with E-state index < -0.39 is 82.7 Å². The number of aromatic hydroxyl groups is 1. The molecule has 0 fully saturated rings. The number of ether oxygens (including phenoxy) is 4. The van der Waals surface area contributed by atoms with Gasteiger partial charge in [0, 0.05) is 61.2 Å². The number of benzene rings is 3. The number of aliphatic hydroxyl groups is 2. The highest BCUT2D eigenvalue weighted by Gasteiger charge is 2.49. The zero-order chi connectivity index (χ0) is 43.2. The molecule has 3 aromatic carbocycles. The number of carbonyl (C=O) groups excluding carboxylic acids is 3. The van der Waals surface area contributed by atoms with Gasteiger partial charge >= 0.3 is 11.8 Å². The summed E-state index contributed by atoms with van der Waals surface area (Å²) in [6.07, 6.45) is 3.73. The number of carbonyl (C=O) groups is 3. The summed E-state index contributed by atoms with van der Waals surface area (Å²) in [5, 5.41) is 37.4. The molecule has 0 saturated carbocycles. The Labute approximate surface area is 347 Å². The third-order valence-electron chi connectivity index (χ3n) is 11.5. The minimum atomic E-state index is -2.01. The van der Waals surface area contributed by atoms with Crippen LogP contribution in [-0.4, -0.2) is 75.3 Å². The molecule has 1 aromatic heterocycles. The zero-order valence-electron chi connectivity index (χ0n) is 34.2. The van der Waals surface area contributed by atoms with Crippen LogP contribution in [0.1, 0.15) is 64.4 Å². The number of aliphatic hydroxyl groups excluding tert-OH is 2. The molecule has 0 aliphatic carbocycles. The quantitative estimate of drug-likeness (QED) is 0.0563. The number of amides is 1. The van der Waals surface area contributed by atoms with Crippen molar-refractivity contribution in [1.29, 1.82) is 0 Å². The molecule has 4 bridgehead atoms. The molecule has 3 heterocycles. The van der Waals surface area contributed by atoms with Crippen molar-refractivity contribution in [3.8, 4) is 17.2 Å². The Morgan fingerprint density at radius 3 is 2.37 bits per heavy atom. The lowest BCUT2D eigenvalue weighted by molar-refractivity contribution is -0.160. The number of ketones is 1. The molecule has 14 nitrogen and oxygen atoms in total. The monoisotopic (exact) mass is 848 g/mol. The molecule has 0 spiro atoms. The van der Waals surface area contributed by atoms with E-state index in [2.05, 4.69) is 14.8 Å². The number of nitrogens with zero attached hydrogens (tertiary/aromatic N) is 1. The van der Waals surface area contributed by atoms with E-state index in [1.54, 1.807) is 65.0 Å². The van der Waals surface area contributed by atoms with Crippen LogP contribution in [0.15, 0.2) is 59.1 Å². The van der Waals surface area contributed by atoms with Gasteiger partial charge in [-0.25, -0.2) is 4.98 Å². The molecule has 6 rings (SSSR count). The highest BCUT2D eigenvalue weighted by molar-refractivity contribution is 7.25. The van der Waals surface area contributed by atoms with E-state index in [0.717, 1.165) is 11.3 Å². The highest BCUT2D eigenvalue weighted by Crippen LogP contribution is 2.50. The van der Waals surface area contributed by atoms with Crippen LogP contribution in [0.3, 0.4) is 0 Å². The Kier molecular flexibility index (Phi) is 12.6. The summed E-state index contributed by atoms with van der Waals surface area (Å²) in [6.45, 7) is 12.6. The molecule has 4 N–H and O–H groups in total. The average molecular weight is 849 g/mol. The zero-order valence-corrected chi connectivity index (χ0v) is 36.2. The Bertz CT molecular complexity index is 2520. The number of nitrogens with one attached hydrogen (secondary N) is 1. The van der Waals surface area contributed by atoms with Gasteiger partial charge in [-0.1, -0.05) is 52.0 Å². The number of hydrogen-bond acceptors (Lipinski definition) is 14. The number of hydrogen-bond donors (Lipinski definition) is 4. The van der Waals surface area contributed by atoms with Crippen LogP contribution in [0.25, 0.3) is 31.2 Å². The first kappa shape index (κ1) is 43.7. The maximum absolute atomic E-state index is 14.6. The second-order valence-corrected chi connectivity index (χ2v) is 16.7. The Morgan fingerprint density at radius 1 is 1.00 bits per heavy atom. The van der Waals surface area contributed by atoms with Gasteiger partial charge < -0.3 is 44.1 Å². The number of methoxy groups -OCH3 is 1. The molecular weight excluding hydrogens is 800 g/mol. The van der Waals surface area contributed by atoms with Crippen LogP contribution in [0, 0.1) is 30.6 Å². The summed E-state index contributed by atoms with van der Waals surface area (Å²) in [5.74, 6) is -6.57. The molecule has 2 aliphatic rings. The van der Waals surface area contributed by atoms with E-state index in [0.29, 0.717) is 16.0 Å². The molecule has 59 heavy (non-hydrogen) atoms. The summed E-state index contributed by atoms with van der Waals surface area (Å²) in [4.78, 5) is 60.0. The van der Waals surface area contributed by atoms with E-state index in [1.807, 2.05) is 0 Å². The van der Waals surface area contributed by atoms with Crippen molar-refractivity contribution in [2.24, 2.45) is 23.7 Å². The number of esters is 1. The molecule has 16 heteroatoms. The number of para-hydroxylation sites is 1. The summed E-state index contributed by atoms with van der Waals surface area (Å²) in [5.41, 5.74) is -0.0471. The van der Waals surface area contributed by atoms with E-state index in [9.17, 15) is 34.5 Å². The van der Waals surface area contributed by atoms with Crippen molar-refractivity contribution >= 4 is 75.4 Å². The Morgan fingerprint density at radius 2 is 1.71 bits per heavy atom. The van der Waals surface area contributed by atoms with Gasteiger partial charge in [0.25, 0.3) is 11.7 Å². The summed E-state index contributed by atoms with van der Waals surface area (Å²) < 4.78 is 30.2. The number of Topliss-reactive ketones (excluding diaryl/α,β-unsaturated/α-hetero) is 1. The number of allylic oxidation sites excluding steroid dienone is 2. The Hall–Kier alpha value is -4.92. The van der Waals surface area contributed by atoms with Crippen molar-refractivity contribution in [1.82, 2.24) is 4.98 Å². The van der Waals surface area contributed by atoms with Crippen LogP contribution in [0.4, 0.5) is 5.69 Å². The predicted octanol–water partition coefficient (Wildman–Crippen LogP) is 6.63. The minimum Gasteiger partial charge on any atom is -0.505 e. The fourth-order valence-corrected chi connectivity index (χ4v) is 9.19. The second kappa shape index (κ2) is 17.0. The number of aromatic nitrogens is 1. The lowest BCUT2D eigenvalue weighted by Gasteiger charge is -2.38. The van der Waals surface area contributed by atoms with Crippen molar-refractivity contribution in [2.75, 3.05) is 12.4 Å². The highest BCUT2D eigenvalue weighted by atomic mass is 32.1. The van der Waals surface area contributed by atoms with E-state index in [-0.39, 0.29) is 49.1 Å². The lowest BCUT2D eigenvalue weighted by Crippen LogP contribution is -2.46. The van der Waals surface area contributed by atoms with Crippen LogP contribution >= 0.6 is 20.8 Å². The van der Waals surface area contributed by atoms with Crippen molar-refractivity contribution in [3.63, 3.8) is 0 Å². The van der Waals surface area contributed by atoms with Gasteiger partial charge in [0.15, 0.2) is 11.2 Å². The smallest absolute Gasteiger partial charge is 0.312 e. The number of phenolic OH excluding ortho intramolecular Hbond substituents is 1. The van der Waals surface area contributed by atoms with Gasteiger partial charge in [0.2, 0.25) is 0 Å². The number of fused-ring (bicyclic) bond motifs is 2. The third kappa shape index (κ3) is 7.82. The molecule has 4 aromatic rings. The molecule has 0 saturated heterocycles. The summed E-state index contributed by atoms with van der Waals surface area (Å²) in [6, 6.07) is 5.23. The van der Waals surface area contributed by atoms with Gasteiger partial charge in [0.05, 0.1) is 59.9 Å². The first-order chi connectivity index (χ1) is 27.9. The van der Waals surface area contributed by atoms with Gasteiger partial charge in [-0.05, 0) is 32.1 Å². The normalized spacial score (nSPS) is 28.1. The van der Waals surface area contributed by atoms with Crippen molar-refractivity contribution in [3.05, 3.63) is 75.7 Å². The van der Waals surface area contributed by atoms with Crippen molar-refractivity contribution < 1.29 is 53.2 Å². The SMILES string of the molecule is COC1C=COC2(C)Oc3c(C)c(=O)c4c(O)c(c5sc6cccc(OP)c6nc5c4c3C2=O)NC(=O)C(C)=CC=CC(C)C(O)C(C)C(O)C(C)C(OC(C)=O)C1C. The maximum atomic E-state index is 14.6. The fourth-order valence-electron chi connectivity index (χ4n) is 7.90. The van der Waals surface area contributed by atoms with Crippen molar-refractivity contribution in [2.45, 2.75) is 85.6 Å². The maximum Gasteiger partial charge on any atom is 0.312 e. The van der Waals surface area contributed by atoms with E-state index in [1.165, 1.54) is 46.3 Å². The summed E-state index contributed by atoms with van der Waals surface area (Å²) in [7, 11) is 3.62. The molecule has 10 unspecified atom stereocenters. The third-order valence-corrected chi connectivity index (χ3v) is 12.9.